The fraction of sp³-hybridized carbons (Fsp3) is 0.333. The highest BCUT2D eigenvalue weighted by Gasteiger charge is 2.20. The standard InChI is InChI=1S/C24H30N4O7/c25-19(13-15-1-5-17(29)6-2-15)23(33)27-12-9-21(31)26-11-10-22(32)28-20(24(34)35)14-16-3-7-18(30)8-4-16/h1-8,19-20,29-30H,9-14,25H2,(H,26,31)(H,27,33)(H,28,32)(H,34,35)/t19-,20-/m0/s1. The average Bonchev–Trinajstić information content (AvgIpc) is 2.81. The fourth-order valence-corrected chi connectivity index (χ4v) is 3.15. The lowest BCUT2D eigenvalue weighted by Crippen LogP contribution is -2.44. The number of amides is 3. The SMILES string of the molecule is N[C@@H](Cc1ccc(O)cc1)C(=O)NCCC(=O)NCCC(=O)N[C@@H](Cc1ccc(O)cc1)C(=O)O. The number of carbonyl (C=O) groups excluding carboxylic acids is 3. The number of nitrogens with two attached hydrogens (primary N) is 1. The van der Waals surface area contributed by atoms with E-state index in [9.17, 15) is 34.5 Å². The Morgan fingerprint density at radius 3 is 1.77 bits per heavy atom. The third-order valence-corrected chi connectivity index (χ3v) is 5.06. The number of carbonyl (C=O) groups is 4. The molecule has 2 aromatic rings. The molecule has 0 unspecified atom stereocenters. The summed E-state index contributed by atoms with van der Waals surface area (Å²) >= 11 is 0. The number of nitrogens with one attached hydrogen (secondary N) is 3. The molecule has 0 aliphatic heterocycles. The van der Waals surface area contributed by atoms with Gasteiger partial charge < -0.3 is 37.0 Å². The normalized spacial score (nSPS) is 12.3. The Kier molecular flexibility index (Phi) is 10.5. The smallest absolute Gasteiger partial charge is 0.326 e. The highest BCUT2D eigenvalue weighted by molar-refractivity contribution is 5.85. The van der Waals surface area contributed by atoms with Crippen molar-refractivity contribution < 1.29 is 34.5 Å². The molecule has 11 nitrogen and oxygen atoms in total. The van der Waals surface area contributed by atoms with E-state index >= 15 is 0 Å². The van der Waals surface area contributed by atoms with Crippen LogP contribution in [0.15, 0.2) is 48.5 Å². The third-order valence-electron chi connectivity index (χ3n) is 5.06. The van der Waals surface area contributed by atoms with Crippen LogP contribution in [0, 0.1) is 0 Å². The first kappa shape index (κ1) is 27.1. The summed E-state index contributed by atoms with van der Waals surface area (Å²) < 4.78 is 0. The molecular formula is C24H30N4O7. The van der Waals surface area contributed by atoms with E-state index in [-0.39, 0.29) is 56.2 Å². The molecule has 0 saturated carbocycles. The minimum Gasteiger partial charge on any atom is -0.508 e. The minimum absolute atomic E-state index is 0.00449. The molecule has 11 heteroatoms. The van der Waals surface area contributed by atoms with Crippen LogP contribution in [0.3, 0.4) is 0 Å². The van der Waals surface area contributed by atoms with E-state index < -0.39 is 29.9 Å². The van der Waals surface area contributed by atoms with Crippen molar-refractivity contribution in [2.75, 3.05) is 13.1 Å². The monoisotopic (exact) mass is 486 g/mol. The molecule has 2 aromatic carbocycles. The molecule has 0 aliphatic carbocycles. The van der Waals surface area contributed by atoms with E-state index in [1.807, 2.05) is 0 Å². The zero-order valence-corrected chi connectivity index (χ0v) is 19.1. The van der Waals surface area contributed by atoms with E-state index in [1.165, 1.54) is 24.3 Å². The van der Waals surface area contributed by atoms with Gasteiger partial charge in [0.25, 0.3) is 0 Å². The van der Waals surface area contributed by atoms with Crippen molar-refractivity contribution in [3.05, 3.63) is 59.7 Å². The summed E-state index contributed by atoms with van der Waals surface area (Å²) in [6.45, 7) is 0.0678. The lowest BCUT2D eigenvalue weighted by atomic mass is 10.1. The maximum atomic E-state index is 12.1. The van der Waals surface area contributed by atoms with Crippen LogP contribution in [0.25, 0.3) is 0 Å². The van der Waals surface area contributed by atoms with Crippen LogP contribution >= 0.6 is 0 Å². The first-order valence-corrected chi connectivity index (χ1v) is 11.0. The van der Waals surface area contributed by atoms with E-state index in [1.54, 1.807) is 24.3 Å². The van der Waals surface area contributed by atoms with Gasteiger partial charge >= 0.3 is 5.97 Å². The summed E-state index contributed by atoms with van der Waals surface area (Å²) in [6.07, 6.45) is 0.187. The molecule has 0 bridgehead atoms. The van der Waals surface area contributed by atoms with Crippen molar-refractivity contribution in [3.63, 3.8) is 0 Å². The Labute approximate surface area is 202 Å². The first-order valence-electron chi connectivity index (χ1n) is 11.0. The highest BCUT2D eigenvalue weighted by Crippen LogP contribution is 2.12. The number of phenolic OH excluding ortho intramolecular Hbond substituents is 2. The number of aromatic hydroxyl groups is 2. The van der Waals surface area contributed by atoms with Gasteiger partial charge in [-0.3, -0.25) is 14.4 Å². The predicted molar refractivity (Wildman–Crippen MR) is 126 cm³/mol. The summed E-state index contributed by atoms with van der Waals surface area (Å²) in [5.41, 5.74) is 7.28. The Bertz CT molecular complexity index is 1010. The van der Waals surface area contributed by atoms with Crippen molar-refractivity contribution in [1.82, 2.24) is 16.0 Å². The average molecular weight is 487 g/mol. The van der Waals surface area contributed by atoms with Crippen molar-refractivity contribution >= 4 is 23.7 Å². The van der Waals surface area contributed by atoms with E-state index in [4.69, 9.17) is 5.73 Å². The molecule has 3 amide bonds. The van der Waals surface area contributed by atoms with Crippen LogP contribution in [0.4, 0.5) is 0 Å². The summed E-state index contributed by atoms with van der Waals surface area (Å²) in [6, 6.07) is 10.4. The van der Waals surface area contributed by atoms with Gasteiger partial charge in [-0.2, -0.15) is 0 Å². The maximum absolute atomic E-state index is 12.1. The minimum atomic E-state index is -1.20. The lowest BCUT2D eigenvalue weighted by Gasteiger charge is -2.15. The summed E-state index contributed by atoms with van der Waals surface area (Å²) in [5, 5.41) is 35.4. The summed E-state index contributed by atoms with van der Waals surface area (Å²) in [7, 11) is 0. The number of aliphatic carboxylic acids is 1. The van der Waals surface area contributed by atoms with Gasteiger partial charge in [0.2, 0.25) is 17.7 Å². The highest BCUT2D eigenvalue weighted by atomic mass is 16.4. The van der Waals surface area contributed by atoms with Crippen LogP contribution in [0.1, 0.15) is 24.0 Å². The molecule has 0 saturated heterocycles. The Balaban J connectivity index is 1.64. The number of phenols is 2. The second-order valence-electron chi connectivity index (χ2n) is 7.95. The molecule has 0 aromatic heterocycles. The van der Waals surface area contributed by atoms with E-state index in [0.717, 1.165) is 5.56 Å². The van der Waals surface area contributed by atoms with Crippen molar-refractivity contribution in [2.24, 2.45) is 5.73 Å². The molecule has 188 valence electrons. The number of hydrogen-bond donors (Lipinski definition) is 7. The van der Waals surface area contributed by atoms with Gasteiger partial charge in [0.05, 0.1) is 6.04 Å². The van der Waals surface area contributed by atoms with Gasteiger partial charge in [0.15, 0.2) is 0 Å². The molecule has 0 aliphatic rings. The molecule has 35 heavy (non-hydrogen) atoms. The van der Waals surface area contributed by atoms with Crippen molar-refractivity contribution in [2.45, 2.75) is 37.8 Å². The summed E-state index contributed by atoms with van der Waals surface area (Å²) in [4.78, 5) is 47.5. The van der Waals surface area contributed by atoms with Gasteiger partial charge in [-0.05, 0) is 41.8 Å². The molecule has 2 atom stereocenters. The zero-order valence-electron chi connectivity index (χ0n) is 19.1. The number of hydrogen-bond acceptors (Lipinski definition) is 7. The molecule has 2 rings (SSSR count). The lowest BCUT2D eigenvalue weighted by molar-refractivity contribution is -0.141. The van der Waals surface area contributed by atoms with Crippen LogP contribution in [0.5, 0.6) is 11.5 Å². The van der Waals surface area contributed by atoms with Gasteiger partial charge in [0, 0.05) is 32.4 Å². The quantitative estimate of drug-likeness (QED) is 0.202. The van der Waals surface area contributed by atoms with Crippen LogP contribution in [-0.2, 0) is 32.0 Å². The Morgan fingerprint density at radius 1 is 0.743 bits per heavy atom. The van der Waals surface area contributed by atoms with Crippen molar-refractivity contribution in [1.29, 1.82) is 0 Å². The third kappa shape index (κ3) is 10.1. The fourth-order valence-electron chi connectivity index (χ4n) is 3.15. The molecular weight excluding hydrogens is 456 g/mol. The predicted octanol–water partition coefficient (Wildman–Crippen LogP) is -0.208. The van der Waals surface area contributed by atoms with Gasteiger partial charge in [-0.25, -0.2) is 4.79 Å². The van der Waals surface area contributed by atoms with Gasteiger partial charge in [-0.15, -0.1) is 0 Å². The van der Waals surface area contributed by atoms with Gasteiger partial charge in [-0.1, -0.05) is 24.3 Å². The topological polar surface area (TPSA) is 191 Å². The second kappa shape index (κ2) is 13.6. The maximum Gasteiger partial charge on any atom is 0.326 e. The van der Waals surface area contributed by atoms with E-state index in [0.29, 0.717) is 5.56 Å². The van der Waals surface area contributed by atoms with Crippen LogP contribution in [0.2, 0.25) is 0 Å². The largest absolute Gasteiger partial charge is 0.508 e. The molecule has 0 fully saturated rings. The number of rotatable bonds is 13. The van der Waals surface area contributed by atoms with Gasteiger partial charge in [0.1, 0.15) is 17.5 Å². The van der Waals surface area contributed by atoms with E-state index in [2.05, 4.69) is 16.0 Å². The number of carboxylic acids is 1. The molecule has 0 spiro atoms. The molecule has 0 radical (unpaired) electrons. The molecule has 8 N–H and O–H groups in total. The summed E-state index contributed by atoms with van der Waals surface area (Å²) in [5.74, 6) is -2.37. The zero-order chi connectivity index (χ0) is 25.8. The second-order valence-corrected chi connectivity index (χ2v) is 7.95. The first-order chi connectivity index (χ1) is 16.6. The Hall–Kier alpha value is -4.12. The molecule has 0 heterocycles. The van der Waals surface area contributed by atoms with Crippen LogP contribution < -0.4 is 21.7 Å². The Morgan fingerprint density at radius 2 is 1.23 bits per heavy atom. The van der Waals surface area contributed by atoms with Crippen LogP contribution in [-0.4, -0.2) is 64.2 Å². The number of carboxylic acid groups (broad SMARTS) is 1. The number of benzene rings is 2. The van der Waals surface area contributed by atoms with Crippen molar-refractivity contribution in [3.8, 4) is 11.5 Å².